The molecule has 0 spiro atoms. The maximum atomic E-state index is 13.3. The molecule has 2 aromatic carbocycles. The van der Waals surface area contributed by atoms with Gasteiger partial charge in [-0.1, -0.05) is 46.5 Å². The first-order valence-corrected chi connectivity index (χ1v) is 13.3. The SMILES string of the molecule is Cc1cc(C)cc(C(=O)N(C)CC(CCN2CCN(c3ccnc(N)n3)CC2)c2ccc(Cl)c(Cl)c2)c1. The number of piperazine rings is 1. The highest BCUT2D eigenvalue weighted by Gasteiger charge is 2.23. The first-order valence-electron chi connectivity index (χ1n) is 12.5. The normalized spacial score (nSPS) is 15.0. The summed E-state index contributed by atoms with van der Waals surface area (Å²) < 4.78 is 0. The zero-order valence-electron chi connectivity index (χ0n) is 21.6. The Balaban J connectivity index is 1.42. The third-order valence-electron chi connectivity index (χ3n) is 6.87. The number of amides is 1. The molecular formula is C28H34Cl2N6O. The van der Waals surface area contributed by atoms with Crippen LogP contribution in [0.2, 0.25) is 10.0 Å². The average molecular weight is 542 g/mol. The van der Waals surface area contributed by atoms with Gasteiger partial charge in [-0.05, 0) is 62.7 Å². The zero-order valence-corrected chi connectivity index (χ0v) is 23.1. The number of anilines is 2. The number of benzene rings is 2. The third kappa shape index (κ3) is 7.12. The van der Waals surface area contributed by atoms with E-state index in [9.17, 15) is 4.79 Å². The molecule has 1 aromatic heterocycles. The standard InChI is InChI=1S/C28H34Cl2N6O/c1-19-14-20(2)16-23(15-19)27(37)34(3)18-22(21-4-5-24(29)25(30)17-21)7-9-35-10-12-36(13-11-35)26-6-8-32-28(31)33-26/h4-6,8,14-17,22H,7,9-13,18H2,1-3H3,(H2,31,32,33). The molecule has 0 radical (unpaired) electrons. The van der Waals surface area contributed by atoms with Gasteiger partial charge < -0.3 is 15.5 Å². The summed E-state index contributed by atoms with van der Waals surface area (Å²) in [7, 11) is 1.87. The maximum Gasteiger partial charge on any atom is 0.253 e. The molecule has 3 aromatic rings. The van der Waals surface area contributed by atoms with Gasteiger partial charge in [0.15, 0.2) is 0 Å². The van der Waals surface area contributed by atoms with Crippen LogP contribution in [0.1, 0.15) is 39.4 Å². The van der Waals surface area contributed by atoms with Crippen molar-refractivity contribution < 1.29 is 4.79 Å². The Morgan fingerprint density at radius 3 is 2.38 bits per heavy atom. The summed E-state index contributed by atoms with van der Waals surface area (Å²) in [5, 5.41) is 1.07. The van der Waals surface area contributed by atoms with Crippen LogP contribution >= 0.6 is 23.2 Å². The highest BCUT2D eigenvalue weighted by Crippen LogP contribution is 2.29. The summed E-state index contributed by atoms with van der Waals surface area (Å²) in [4.78, 5) is 28.1. The molecule has 1 amide bonds. The smallest absolute Gasteiger partial charge is 0.253 e. The first-order chi connectivity index (χ1) is 17.7. The zero-order chi connectivity index (χ0) is 26.5. The molecule has 1 aliphatic rings. The molecule has 1 unspecified atom stereocenters. The second-order valence-electron chi connectivity index (χ2n) is 9.82. The Morgan fingerprint density at radius 2 is 1.73 bits per heavy atom. The minimum atomic E-state index is 0.0228. The van der Waals surface area contributed by atoms with Crippen molar-refractivity contribution in [3.05, 3.63) is 81.0 Å². The highest BCUT2D eigenvalue weighted by atomic mass is 35.5. The van der Waals surface area contributed by atoms with Crippen LogP contribution in [0.5, 0.6) is 0 Å². The van der Waals surface area contributed by atoms with E-state index in [1.54, 1.807) is 6.20 Å². The molecule has 7 nitrogen and oxygen atoms in total. The largest absolute Gasteiger partial charge is 0.368 e. The number of nitrogens with zero attached hydrogens (tertiary/aromatic N) is 5. The topological polar surface area (TPSA) is 78.6 Å². The number of halogens is 2. The molecular weight excluding hydrogens is 507 g/mol. The number of hydrogen-bond acceptors (Lipinski definition) is 6. The van der Waals surface area contributed by atoms with Gasteiger partial charge >= 0.3 is 0 Å². The summed E-state index contributed by atoms with van der Waals surface area (Å²) >= 11 is 12.6. The van der Waals surface area contributed by atoms with Crippen molar-refractivity contribution >= 4 is 40.9 Å². The predicted molar refractivity (Wildman–Crippen MR) is 152 cm³/mol. The lowest BCUT2D eigenvalue weighted by molar-refractivity contribution is 0.0782. The number of rotatable bonds is 8. The van der Waals surface area contributed by atoms with Crippen molar-refractivity contribution in [2.75, 3.05) is 56.9 Å². The van der Waals surface area contributed by atoms with E-state index < -0.39 is 0 Å². The van der Waals surface area contributed by atoms with Gasteiger partial charge in [0, 0.05) is 57.4 Å². The van der Waals surface area contributed by atoms with Crippen LogP contribution < -0.4 is 10.6 Å². The molecule has 37 heavy (non-hydrogen) atoms. The fraction of sp³-hybridized carbons (Fsp3) is 0.393. The van der Waals surface area contributed by atoms with Crippen molar-refractivity contribution in [1.82, 2.24) is 19.8 Å². The van der Waals surface area contributed by atoms with Gasteiger partial charge in [0.2, 0.25) is 5.95 Å². The van der Waals surface area contributed by atoms with E-state index in [0.717, 1.165) is 67.2 Å². The quantitative estimate of drug-likeness (QED) is 0.430. The van der Waals surface area contributed by atoms with E-state index in [2.05, 4.69) is 25.8 Å². The van der Waals surface area contributed by atoms with E-state index in [1.807, 2.05) is 62.2 Å². The summed E-state index contributed by atoms with van der Waals surface area (Å²) in [6.45, 7) is 9.13. The molecule has 2 N–H and O–H groups in total. The Bertz CT molecular complexity index is 1220. The lowest BCUT2D eigenvalue weighted by Crippen LogP contribution is -2.47. The number of hydrogen-bond donors (Lipinski definition) is 1. The minimum Gasteiger partial charge on any atom is -0.368 e. The Labute approximate surface area is 229 Å². The Hall–Kier alpha value is -2.87. The molecule has 9 heteroatoms. The van der Waals surface area contributed by atoms with Crippen molar-refractivity contribution in [2.45, 2.75) is 26.2 Å². The summed E-state index contributed by atoms with van der Waals surface area (Å²) in [6.07, 6.45) is 2.59. The third-order valence-corrected chi connectivity index (χ3v) is 7.61. The summed E-state index contributed by atoms with van der Waals surface area (Å²) in [5.74, 6) is 1.31. The highest BCUT2D eigenvalue weighted by molar-refractivity contribution is 6.42. The van der Waals surface area contributed by atoms with Crippen LogP contribution in [0.4, 0.5) is 11.8 Å². The number of likely N-dealkylation sites (N-methyl/N-ethyl adjacent to an activating group) is 1. The Morgan fingerprint density at radius 1 is 1.03 bits per heavy atom. The lowest BCUT2D eigenvalue weighted by atomic mass is 9.94. The van der Waals surface area contributed by atoms with Crippen LogP contribution in [0.25, 0.3) is 0 Å². The fourth-order valence-corrected chi connectivity index (χ4v) is 5.25. The van der Waals surface area contributed by atoms with E-state index in [1.165, 1.54) is 0 Å². The number of nitrogens with two attached hydrogens (primary N) is 1. The number of carbonyl (C=O) groups is 1. The van der Waals surface area contributed by atoms with Crippen LogP contribution in [0, 0.1) is 13.8 Å². The average Bonchev–Trinajstić information content (AvgIpc) is 2.87. The lowest BCUT2D eigenvalue weighted by Gasteiger charge is -2.36. The summed E-state index contributed by atoms with van der Waals surface area (Å²) in [6, 6.07) is 13.7. The van der Waals surface area contributed by atoms with Crippen molar-refractivity contribution in [3.63, 3.8) is 0 Å². The van der Waals surface area contributed by atoms with Gasteiger partial charge in [-0.3, -0.25) is 9.69 Å². The number of aromatic nitrogens is 2. The molecule has 1 aliphatic heterocycles. The molecule has 1 atom stereocenters. The monoisotopic (exact) mass is 540 g/mol. The molecule has 0 bridgehead atoms. The fourth-order valence-electron chi connectivity index (χ4n) is 4.94. The molecule has 1 saturated heterocycles. The first kappa shape index (κ1) is 27.2. The van der Waals surface area contributed by atoms with Gasteiger partial charge in [-0.15, -0.1) is 0 Å². The molecule has 0 saturated carbocycles. The van der Waals surface area contributed by atoms with Gasteiger partial charge in [0.25, 0.3) is 5.91 Å². The van der Waals surface area contributed by atoms with Crippen LogP contribution in [-0.2, 0) is 0 Å². The van der Waals surface area contributed by atoms with Gasteiger partial charge in [-0.2, -0.15) is 4.98 Å². The van der Waals surface area contributed by atoms with Crippen molar-refractivity contribution in [3.8, 4) is 0 Å². The Kier molecular flexibility index (Phi) is 8.90. The van der Waals surface area contributed by atoms with E-state index in [-0.39, 0.29) is 11.8 Å². The molecule has 1 fully saturated rings. The van der Waals surface area contributed by atoms with Crippen LogP contribution in [0.3, 0.4) is 0 Å². The molecule has 196 valence electrons. The van der Waals surface area contributed by atoms with E-state index >= 15 is 0 Å². The van der Waals surface area contributed by atoms with Gasteiger partial charge in [0.1, 0.15) is 5.82 Å². The summed E-state index contributed by atoms with van der Waals surface area (Å²) in [5.41, 5.74) is 9.73. The molecule has 2 heterocycles. The van der Waals surface area contributed by atoms with Crippen LogP contribution in [-0.4, -0.2) is 72.0 Å². The number of aryl methyl sites for hydroxylation is 2. The number of nitrogen functional groups attached to an aromatic ring is 1. The van der Waals surface area contributed by atoms with Crippen LogP contribution in [0.15, 0.2) is 48.7 Å². The predicted octanol–water partition coefficient (Wildman–Crippen LogP) is 5.05. The molecule has 4 rings (SSSR count). The van der Waals surface area contributed by atoms with E-state index in [4.69, 9.17) is 28.9 Å². The van der Waals surface area contributed by atoms with Gasteiger partial charge in [-0.25, -0.2) is 4.98 Å². The maximum absolute atomic E-state index is 13.3. The molecule has 0 aliphatic carbocycles. The number of carbonyl (C=O) groups excluding carboxylic acids is 1. The van der Waals surface area contributed by atoms with Crippen molar-refractivity contribution in [2.24, 2.45) is 0 Å². The van der Waals surface area contributed by atoms with E-state index in [0.29, 0.717) is 22.5 Å². The van der Waals surface area contributed by atoms with Gasteiger partial charge in [0.05, 0.1) is 10.0 Å². The second kappa shape index (κ2) is 12.1. The second-order valence-corrected chi connectivity index (χ2v) is 10.6. The van der Waals surface area contributed by atoms with Crippen molar-refractivity contribution in [1.29, 1.82) is 0 Å². The minimum absolute atomic E-state index is 0.0228.